The van der Waals surface area contributed by atoms with Crippen LogP contribution in [0.25, 0.3) is 0 Å². The average molecular weight is 363 g/mol. The molecule has 1 aromatic rings. The van der Waals surface area contributed by atoms with Crippen molar-refractivity contribution in [1.82, 2.24) is 14.8 Å². The zero-order valence-electron chi connectivity index (χ0n) is 14.4. The molecule has 4 heterocycles. The minimum Gasteiger partial charge on any atom is -0.335 e. The third-order valence-electron chi connectivity index (χ3n) is 6.14. The smallest absolute Gasteiger partial charge is 0.255 e. The fraction of sp³-hybridized carbons (Fsp3) is 0.667. The Morgan fingerprint density at radius 3 is 2.68 bits per heavy atom. The van der Waals surface area contributed by atoms with Crippen LogP contribution in [0.4, 0.5) is 0 Å². The van der Waals surface area contributed by atoms with Crippen LogP contribution in [0.3, 0.4) is 0 Å². The minimum atomic E-state index is -3.13. The van der Waals surface area contributed by atoms with Crippen molar-refractivity contribution in [3.8, 4) is 0 Å². The van der Waals surface area contributed by atoms with E-state index in [9.17, 15) is 13.2 Å². The van der Waals surface area contributed by atoms with Crippen molar-refractivity contribution in [3.63, 3.8) is 0 Å². The summed E-state index contributed by atoms with van der Waals surface area (Å²) in [7, 11) is -3.13. The van der Waals surface area contributed by atoms with Gasteiger partial charge in [-0.05, 0) is 50.4 Å². The molecule has 1 amide bonds. The maximum atomic E-state index is 12.8. The van der Waals surface area contributed by atoms with Gasteiger partial charge in [0.05, 0.1) is 11.3 Å². The fourth-order valence-electron chi connectivity index (χ4n) is 4.60. The highest BCUT2D eigenvalue weighted by Gasteiger charge is 2.62. The van der Waals surface area contributed by atoms with E-state index in [4.69, 9.17) is 0 Å². The molecule has 1 atom stereocenters. The third-order valence-corrected chi connectivity index (χ3v) is 8.74. The second-order valence-electron chi connectivity index (χ2n) is 7.63. The Morgan fingerprint density at radius 2 is 2.00 bits per heavy atom. The number of likely N-dealkylation sites (tertiary alicyclic amines) is 2. The normalized spacial score (nSPS) is 28.0. The van der Waals surface area contributed by atoms with Crippen molar-refractivity contribution >= 4 is 15.7 Å². The molecule has 3 aliphatic heterocycles. The number of nitrogens with zero attached hydrogens (tertiary/aromatic N) is 3. The molecule has 6 nitrogen and oxygen atoms in total. The van der Waals surface area contributed by atoms with Crippen LogP contribution >= 0.6 is 0 Å². The number of sulfone groups is 1. The van der Waals surface area contributed by atoms with Gasteiger partial charge in [0.25, 0.3) is 5.91 Å². The number of carbonyl (C=O) groups excluding carboxylic acids is 1. The molecule has 0 radical (unpaired) electrons. The Morgan fingerprint density at radius 1 is 1.24 bits per heavy atom. The van der Waals surface area contributed by atoms with Crippen LogP contribution in [0.2, 0.25) is 0 Å². The van der Waals surface area contributed by atoms with Gasteiger partial charge in [-0.1, -0.05) is 6.42 Å². The Kier molecular flexibility index (Phi) is 4.32. The molecule has 1 spiro atoms. The molecule has 4 rings (SSSR count). The topological polar surface area (TPSA) is 70.6 Å². The van der Waals surface area contributed by atoms with Crippen LogP contribution in [0, 0.1) is 5.92 Å². The lowest BCUT2D eigenvalue weighted by Gasteiger charge is -2.50. The summed E-state index contributed by atoms with van der Waals surface area (Å²) < 4.78 is 24.8. The molecule has 0 bridgehead atoms. The first-order valence-corrected chi connectivity index (χ1v) is 10.8. The van der Waals surface area contributed by atoms with E-state index in [0.717, 1.165) is 26.1 Å². The minimum absolute atomic E-state index is 0.113. The van der Waals surface area contributed by atoms with Crippen molar-refractivity contribution in [2.24, 2.45) is 5.92 Å². The van der Waals surface area contributed by atoms with Gasteiger partial charge in [-0.25, -0.2) is 8.42 Å². The van der Waals surface area contributed by atoms with E-state index in [-0.39, 0.29) is 17.6 Å². The average Bonchev–Trinajstić information content (AvgIpc) is 2.85. The van der Waals surface area contributed by atoms with Gasteiger partial charge in [0.1, 0.15) is 4.75 Å². The molecule has 136 valence electrons. The van der Waals surface area contributed by atoms with E-state index in [1.54, 1.807) is 29.4 Å². The number of hydrogen-bond donors (Lipinski definition) is 0. The monoisotopic (exact) mass is 363 g/mol. The maximum absolute atomic E-state index is 12.8. The van der Waals surface area contributed by atoms with Gasteiger partial charge in [0.2, 0.25) is 0 Å². The summed E-state index contributed by atoms with van der Waals surface area (Å²) in [4.78, 5) is 20.6. The summed E-state index contributed by atoms with van der Waals surface area (Å²) in [5, 5.41) is 0. The van der Waals surface area contributed by atoms with E-state index < -0.39 is 14.6 Å². The Hall–Kier alpha value is -1.47. The molecule has 0 aliphatic carbocycles. The molecule has 3 saturated heterocycles. The van der Waals surface area contributed by atoms with E-state index >= 15 is 0 Å². The van der Waals surface area contributed by atoms with Crippen molar-refractivity contribution in [1.29, 1.82) is 0 Å². The second-order valence-corrected chi connectivity index (χ2v) is 10.1. The van der Waals surface area contributed by atoms with Crippen LogP contribution < -0.4 is 0 Å². The molecule has 25 heavy (non-hydrogen) atoms. The summed E-state index contributed by atoms with van der Waals surface area (Å²) >= 11 is 0. The number of carbonyl (C=O) groups is 1. The van der Waals surface area contributed by atoms with Gasteiger partial charge in [0.15, 0.2) is 9.84 Å². The predicted octanol–water partition coefficient (Wildman–Crippen LogP) is 1.20. The molecule has 0 N–H and O–H groups in total. The SMILES string of the molecule is O=C(c1cccnc1)N1CC2(C1)C(CN1CCCCC1)CCS2(=O)=O. The number of piperidine rings is 1. The zero-order chi connectivity index (χ0) is 17.5. The Labute approximate surface area is 149 Å². The van der Waals surface area contributed by atoms with Crippen molar-refractivity contribution in [2.45, 2.75) is 30.4 Å². The molecule has 3 fully saturated rings. The van der Waals surface area contributed by atoms with Gasteiger partial charge in [-0.3, -0.25) is 9.78 Å². The first-order chi connectivity index (χ1) is 12.0. The lowest BCUT2D eigenvalue weighted by Crippen LogP contribution is -2.69. The van der Waals surface area contributed by atoms with Crippen LogP contribution in [0.5, 0.6) is 0 Å². The van der Waals surface area contributed by atoms with Crippen molar-refractivity contribution in [2.75, 3.05) is 38.5 Å². The van der Waals surface area contributed by atoms with Crippen LogP contribution in [0.1, 0.15) is 36.0 Å². The number of rotatable bonds is 3. The maximum Gasteiger partial charge on any atom is 0.255 e. The molecule has 3 aliphatic rings. The van der Waals surface area contributed by atoms with E-state index in [1.807, 2.05) is 0 Å². The summed E-state index contributed by atoms with van der Waals surface area (Å²) in [5.74, 6) is 0.298. The quantitative estimate of drug-likeness (QED) is 0.807. The van der Waals surface area contributed by atoms with Gasteiger partial charge in [-0.2, -0.15) is 0 Å². The summed E-state index contributed by atoms with van der Waals surface area (Å²) in [6.45, 7) is 3.67. The fourth-order valence-corrected chi connectivity index (χ4v) is 7.01. The molecule has 1 aromatic heterocycles. The van der Waals surface area contributed by atoms with Gasteiger partial charge in [0, 0.05) is 32.0 Å². The number of aromatic nitrogens is 1. The standard InChI is InChI=1S/C18H25N3O3S/c22-17(15-5-4-7-19-11-15)21-13-18(14-21)16(6-10-25(18,23)24)12-20-8-2-1-3-9-20/h4-5,7,11,16H,1-3,6,8-10,12-14H2. The molecule has 7 heteroatoms. The van der Waals surface area contributed by atoms with Gasteiger partial charge in [-0.15, -0.1) is 0 Å². The Bertz CT molecular complexity index is 738. The number of amides is 1. The third kappa shape index (κ3) is 2.87. The zero-order valence-corrected chi connectivity index (χ0v) is 15.2. The first kappa shape index (κ1) is 17.0. The lowest BCUT2D eigenvalue weighted by atomic mass is 9.82. The highest BCUT2D eigenvalue weighted by molar-refractivity contribution is 7.93. The van der Waals surface area contributed by atoms with Crippen LogP contribution in [-0.2, 0) is 9.84 Å². The number of pyridine rings is 1. The highest BCUT2D eigenvalue weighted by Crippen LogP contribution is 2.45. The van der Waals surface area contributed by atoms with E-state index in [2.05, 4.69) is 9.88 Å². The molecule has 0 saturated carbocycles. The summed E-state index contributed by atoms with van der Waals surface area (Å²) in [5.41, 5.74) is 0.528. The van der Waals surface area contributed by atoms with Crippen LogP contribution in [0.15, 0.2) is 24.5 Å². The van der Waals surface area contributed by atoms with Gasteiger partial charge >= 0.3 is 0 Å². The second kappa shape index (κ2) is 6.36. The predicted molar refractivity (Wildman–Crippen MR) is 95.1 cm³/mol. The Balaban J connectivity index is 1.48. The highest BCUT2D eigenvalue weighted by atomic mass is 32.2. The van der Waals surface area contributed by atoms with Gasteiger partial charge < -0.3 is 9.80 Å². The van der Waals surface area contributed by atoms with E-state index in [0.29, 0.717) is 18.7 Å². The van der Waals surface area contributed by atoms with Crippen molar-refractivity contribution < 1.29 is 13.2 Å². The summed E-state index contributed by atoms with van der Waals surface area (Å²) in [6, 6.07) is 3.46. The number of hydrogen-bond acceptors (Lipinski definition) is 5. The molecular weight excluding hydrogens is 338 g/mol. The first-order valence-electron chi connectivity index (χ1n) is 9.16. The van der Waals surface area contributed by atoms with Crippen molar-refractivity contribution in [3.05, 3.63) is 30.1 Å². The van der Waals surface area contributed by atoms with Crippen LogP contribution in [-0.4, -0.2) is 72.3 Å². The largest absolute Gasteiger partial charge is 0.335 e. The molecule has 1 unspecified atom stereocenters. The lowest BCUT2D eigenvalue weighted by molar-refractivity contribution is 0.0411. The molecular formula is C18H25N3O3S. The molecule has 0 aromatic carbocycles. The van der Waals surface area contributed by atoms with E-state index in [1.165, 1.54) is 19.3 Å². The summed E-state index contributed by atoms with van der Waals surface area (Å²) in [6.07, 6.45) is 7.59.